The molecule has 2 aliphatic carbocycles. The summed E-state index contributed by atoms with van der Waals surface area (Å²) in [4.78, 5) is 4.16. The molecule has 1 aromatic carbocycles. The zero-order valence-electron chi connectivity index (χ0n) is 14.2. The van der Waals surface area contributed by atoms with E-state index in [1.165, 1.54) is 0 Å². The van der Waals surface area contributed by atoms with Crippen molar-refractivity contribution in [2.75, 3.05) is 0 Å². The van der Waals surface area contributed by atoms with E-state index in [0.717, 1.165) is 30.6 Å². The third-order valence-electron chi connectivity index (χ3n) is 5.57. The molecule has 0 unspecified atom stereocenters. The molecule has 0 amide bonds. The van der Waals surface area contributed by atoms with Crippen molar-refractivity contribution in [3.63, 3.8) is 0 Å². The summed E-state index contributed by atoms with van der Waals surface area (Å²) >= 11 is 0. The van der Waals surface area contributed by atoms with Crippen molar-refractivity contribution in [2.45, 2.75) is 55.9 Å². The zero-order valence-corrected chi connectivity index (χ0v) is 14.2. The Morgan fingerprint density at radius 1 is 1.08 bits per heavy atom. The highest BCUT2D eigenvalue weighted by molar-refractivity contribution is 5.31. The minimum atomic E-state index is -0.896. The lowest BCUT2D eigenvalue weighted by molar-refractivity contribution is -0.232. The molecular weight excluding hydrogens is 316 g/mol. The molecule has 0 aliphatic heterocycles. The highest BCUT2D eigenvalue weighted by atomic mass is 16.5. The van der Waals surface area contributed by atoms with E-state index >= 15 is 0 Å². The Bertz CT molecular complexity index is 725. The van der Waals surface area contributed by atoms with Crippen molar-refractivity contribution in [2.24, 2.45) is 0 Å². The van der Waals surface area contributed by atoms with Crippen LogP contribution in [-0.4, -0.2) is 32.4 Å². The van der Waals surface area contributed by atoms with E-state index in [0.29, 0.717) is 25.3 Å². The Morgan fingerprint density at radius 3 is 2.60 bits per heavy atom. The Hall–Kier alpha value is -1.95. The summed E-state index contributed by atoms with van der Waals surface area (Å²) in [6.45, 7) is 0.707. The quantitative estimate of drug-likeness (QED) is 0.754. The van der Waals surface area contributed by atoms with Crippen LogP contribution in [0.3, 0.4) is 0 Å². The summed E-state index contributed by atoms with van der Waals surface area (Å²) in [5.41, 5.74) is -0.625. The van der Waals surface area contributed by atoms with Crippen molar-refractivity contribution in [3.05, 3.63) is 54.2 Å². The van der Waals surface area contributed by atoms with E-state index in [1.807, 2.05) is 42.5 Å². The summed E-state index contributed by atoms with van der Waals surface area (Å²) < 4.78 is 5.75. The fraction of sp³-hybridized carbons (Fsp3) is 0.450. The van der Waals surface area contributed by atoms with Crippen LogP contribution < -0.4 is 10.1 Å². The van der Waals surface area contributed by atoms with Crippen LogP contribution in [0.15, 0.2) is 48.7 Å². The van der Waals surface area contributed by atoms with Gasteiger partial charge in [-0.05, 0) is 55.9 Å². The van der Waals surface area contributed by atoms with Crippen LogP contribution in [0, 0.1) is 0 Å². The standard InChI is InChI=1S/C20H24N2O3/c23-19(8-4-9-19)20(24)12-16(13-20)22-14-15-5-3-6-17(11-15)25-18-7-1-2-10-21-18/h1-3,5-7,10-11,16,22-24H,4,8-9,12-14H2. The van der Waals surface area contributed by atoms with Gasteiger partial charge in [0.15, 0.2) is 0 Å². The van der Waals surface area contributed by atoms with E-state index in [-0.39, 0.29) is 6.04 Å². The first kappa shape index (κ1) is 16.5. The molecule has 2 saturated carbocycles. The fourth-order valence-corrected chi connectivity index (χ4v) is 3.77. The molecule has 2 fully saturated rings. The molecule has 0 radical (unpaired) electrons. The van der Waals surface area contributed by atoms with Crippen LogP contribution in [0.1, 0.15) is 37.7 Å². The van der Waals surface area contributed by atoms with E-state index in [9.17, 15) is 10.2 Å². The van der Waals surface area contributed by atoms with Gasteiger partial charge in [-0.3, -0.25) is 0 Å². The number of hydrogen-bond acceptors (Lipinski definition) is 5. The summed E-state index contributed by atoms with van der Waals surface area (Å²) in [5, 5.41) is 24.4. The predicted octanol–water partition coefficient (Wildman–Crippen LogP) is 2.77. The Kier molecular flexibility index (Phi) is 4.23. The number of nitrogens with zero attached hydrogens (tertiary/aromatic N) is 1. The molecule has 1 aromatic heterocycles. The summed E-state index contributed by atoms with van der Waals surface area (Å²) in [6.07, 6.45) is 5.40. The van der Waals surface area contributed by atoms with Gasteiger partial charge >= 0.3 is 0 Å². The molecule has 25 heavy (non-hydrogen) atoms. The molecule has 0 saturated heterocycles. The normalized spacial score (nSPS) is 27.2. The minimum Gasteiger partial charge on any atom is -0.439 e. The average Bonchev–Trinajstić information content (AvgIpc) is 2.57. The Morgan fingerprint density at radius 2 is 1.92 bits per heavy atom. The molecule has 5 nitrogen and oxygen atoms in total. The van der Waals surface area contributed by atoms with Gasteiger partial charge in [0.05, 0.1) is 11.2 Å². The Labute approximate surface area is 147 Å². The van der Waals surface area contributed by atoms with Gasteiger partial charge in [-0.1, -0.05) is 18.2 Å². The first-order valence-corrected chi connectivity index (χ1v) is 8.92. The van der Waals surface area contributed by atoms with Gasteiger partial charge in [0.25, 0.3) is 0 Å². The number of benzene rings is 1. The van der Waals surface area contributed by atoms with Gasteiger partial charge in [0.2, 0.25) is 5.88 Å². The maximum absolute atomic E-state index is 10.5. The smallest absolute Gasteiger partial charge is 0.219 e. The molecular formula is C20H24N2O3. The topological polar surface area (TPSA) is 74.6 Å². The zero-order chi connectivity index (χ0) is 17.3. The molecule has 2 aromatic rings. The van der Waals surface area contributed by atoms with Gasteiger partial charge in [-0.2, -0.15) is 0 Å². The van der Waals surface area contributed by atoms with Crippen molar-refractivity contribution >= 4 is 0 Å². The second kappa shape index (κ2) is 6.41. The number of pyridine rings is 1. The highest BCUT2D eigenvalue weighted by Crippen LogP contribution is 2.50. The van der Waals surface area contributed by atoms with Gasteiger partial charge < -0.3 is 20.3 Å². The van der Waals surface area contributed by atoms with E-state index in [1.54, 1.807) is 6.20 Å². The molecule has 3 N–H and O–H groups in total. The maximum Gasteiger partial charge on any atom is 0.219 e. The van der Waals surface area contributed by atoms with Gasteiger partial charge in [0.1, 0.15) is 5.75 Å². The molecule has 4 rings (SSSR count). The number of nitrogens with one attached hydrogen (secondary N) is 1. The number of rotatable bonds is 6. The lowest BCUT2D eigenvalue weighted by Gasteiger charge is -2.57. The fourth-order valence-electron chi connectivity index (χ4n) is 3.77. The first-order valence-electron chi connectivity index (χ1n) is 8.92. The highest BCUT2D eigenvalue weighted by Gasteiger charge is 2.59. The van der Waals surface area contributed by atoms with E-state index in [4.69, 9.17) is 4.74 Å². The van der Waals surface area contributed by atoms with E-state index < -0.39 is 11.2 Å². The van der Waals surface area contributed by atoms with Crippen molar-refractivity contribution in [1.29, 1.82) is 0 Å². The van der Waals surface area contributed by atoms with Gasteiger partial charge in [-0.25, -0.2) is 4.98 Å². The van der Waals surface area contributed by atoms with Crippen molar-refractivity contribution < 1.29 is 14.9 Å². The van der Waals surface area contributed by atoms with Crippen LogP contribution >= 0.6 is 0 Å². The monoisotopic (exact) mass is 340 g/mol. The molecule has 0 spiro atoms. The van der Waals surface area contributed by atoms with E-state index in [2.05, 4.69) is 10.3 Å². The Balaban J connectivity index is 1.30. The predicted molar refractivity (Wildman–Crippen MR) is 94.4 cm³/mol. The van der Waals surface area contributed by atoms with Crippen molar-refractivity contribution in [3.8, 4) is 11.6 Å². The summed E-state index contributed by atoms with van der Waals surface area (Å²) in [6, 6.07) is 13.7. The third kappa shape index (κ3) is 3.27. The maximum atomic E-state index is 10.5. The van der Waals surface area contributed by atoms with Crippen molar-refractivity contribution in [1.82, 2.24) is 10.3 Å². The number of aromatic nitrogens is 1. The van der Waals surface area contributed by atoms with Gasteiger partial charge in [0, 0.05) is 24.8 Å². The molecule has 2 aliphatic rings. The lowest BCUT2D eigenvalue weighted by atomic mass is 9.58. The second-order valence-electron chi connectivity index (χ2n) is 7.32. The van der Waals surface area contributed by atoms with Crippen LogP contribution in [0.25, 0.3) is 0 Å². The molecule has 132 valence electrons. The number of hydrogen-bond donors (Lipinski definition) is 3. The molecule has 0 bridgehead atoms. The largest absolute Gasteiger partial charge is 0.439 e. The first-order chi connectivity index (χ1) is 12.1. The SMILES string of the molecule is OC1(C2(O)CC(NCc3cccc(Oc4ccccn4)c3)C2)CCC1. The van der Waals surface area contributed by atoms with Crippen LogP contribution in [-0.2, 0) is 6.54 Å². The summed E-state index contributed by atoms with van der Waals surface area (Å²) in [7, 11) is 0. The molecule has 5 heteroatoms. The van der Waals surface area contributed by atoms with Crippen LogP contribution in [0.4, 0.5) is 0 Å². The number of aliphatic hydroxyl groups is 2. The summed E-state index contributed by atoms with van der Waals surface area (Å²) in [5.74, 6) is 1.33. The lowest BCUT2D eigenvalue weighted by Crippen LogP contribution is -2.68. The molecule has 1 heterocycles. The van der Waals surface area contributed by atoms with Crippen LogP contribution in [0.2, 0.25) is 0 Å². The minimum absolute atomic E-state index is 0.245. The third-order valence-corrected chi connectivity index (χ3v) is 5.57. The average molecular weight is 340 g/mol. The second-order valence-corrected chi connectivity index (χ2v) is 7.32. The molecule has 0 atom stereocenters. The van der Waals surface area contributed by atoms with Gasteiger partial charge in [-0.15, -0.1) is 0 Å². The number of ether oxygens (including phenoxy) is 1. The van der Waals surface area contributed by atoms with Crippen LogP contribution in [0.5, 0.6) is 11.6 Å².